The van der Waals surface area contributed by atoms with E-state index in [0.717, 1.165) is 18.8 Å². The minimum atomic E-state index is 0.445. The van der Waals surface area contributed by atoms with Crippen LogP contribution >= 0.6 is 12.2 Å². The molecule has 0 aliphatic rings. The van der Waals surface area contributed by atoms with Crippen molar-refractivity contribution in [1.82, 2.24) is 5.32 Å². The second kappa shape index (κ2) is 7.19. The van der Waals surface area contributed by atoms with Gasteiger partial charge in [0.15, 0.2) is 5.11 Å². The average Bonchev–Trinajstić information content (AvgIpc) is 2.28. The summed E-state index contributed by atoms with van der Waals surface area (Å²) in [5, 5.41) is 6.92. The predicted molar refractivity (Wildman–Crippen MR) is 71.7 cm³/mol. The lowest BCUT2D eigenvalue weighted by atomic mass is 10.2. The third-order valence-electron chi connectivity index (χ3n) is 2.09. The second-order valence-corrected chi connectivity index (χ2v) is 4.17. The molecule has 0 aromatic heterocycles. The fourth-order valence-electron chi connectivity index (χ4n) is 1.31. The summed E-state index contributed by atoms with van der Waals surface area (Å²) in [6.45, 7) is 3.66. The molecule has 0 radical (unpaired) electrons. The fourth-order valence-corrected chi connectivity index (χ4v) is 1.51. The maximum Gasteiger partial charge on any atom is 0.170 e. The second-order valence-electron chi connectivity index (χ2n) is 3.76. The Morgan fingerprint density at radius 2 is 2.06 bits per heavy atom. The molecule has 1 unspecified atom stereocenters. The molecule has 0 saturated heterocycles. The Morgan fingerprint density at radius 3 is 2.69 bits per heavy atom. The van der Waals surface area contributed by atoms with Crippen LogP contribution in [0.4, 0.5) is 5.69 Å². The third kappa shape index (κ3) is 5.09. The van der Waals surface area contributed by atoms with Gasteiger partial charge in [-0.25, -0.2) is 0 Å². The topological polar surface area (TPSA) is 33.3 Å². The molecule has 0 fully saturated rings. The largest absolute Gasteiger partial charge is 0.384 e. The zero-order valence-corrected chi connectivity index (χ0v) is 10.5. The molecule has 1 aromatic rings. The molecular formula is C12H18N2OS. The standard InChI is InChI=1S/C12H18N2OS/c1-10(9-15-2)8-13-12(16)14-11-6-4-3-5-7-11/h3-7,10H,8-9H2,1-2H3,(H2,13,14,16). The van der Waals surface area contributed by atoms with Crippen LogP contribution in [0.5, 0.6) is 0 Å². The molecule has 0 aliphatic heterocycles. The summed E-state index contributed by atoms with van der Waals surface area (Å²) in [5.74, 6) is 0.445. The number of anilines is 1. The van der Waals surface area contributed by atoms with Crippen molar-refractivity contribution in [1.29, 1.82) is 0 Å². The van der Waals surface area contributed by atoms with Crippen LogP contribution < -0.4 is 10.6 Å². The number of methoxy groups -OCH3 is 1. The molecule has 1 rings (SSSR count). The van der Waals surface area contributed by atoms with Gasteiger partial charge in [0, 0.05) is 19.3 Å². The Hall–Kier alpha value is -1.13. The Balaban J connectivity index is 2.26. The normalized spacial score (nSPS) is 11.9. The van der Waals surface area contributed by atoms with Crippen molar-refractivity contribution in [3.05, 3.63) is 30.3 Å². The Morgan fingerprint density at radius 1 is 1.38 bits per heavy atom. The lowest BCUT2D eigenvalue weighted by Gasteiger charge is -2.14. The minimum absolute atomic E-state index is 0.445. The van der Waals surface area contributed by atoms with Crippen molar-refractivity contribution in [3.63, 3.8) is 0 Å². The molecule has 0 bridgehead atoms. The number of ether oxygens (including phenoxy) is 1. The lowest BCUT2D eigenvalue weighted by Crippen LogP contribution is -2.33. The van der Waals surface area contributed by atoms with Gasteiger partial charge in [0.25, 0.3) is 0 Å². The molecule has 0 spiro atoms. The summed E-state index contributed by atoms with van der Waals surface area (Å²) in [4.78, 5) is 0. The highest BCUT2D eigenvalue weighted by atomic mass is 32.1. The number of rotatable bonds is 5. The van der Waals surface area contributed by atoms with Crippen molar-refractivity contribution in [3.8, 4) is 0 Å². The molecule has 0 aliphatic carbocycles. The number of nitrogens with one attached hydrogen (secondary N) is 2. The van der Waals surface area contributed by atoms with Gasteiger partial charge < -0.3 is 15.4 Å². The molecule has 88 valence electrons. The van der Waals surface area contributed by atoms with Crippen molar-refractivity contribution >= 4 is 23.0 Å². The number of hydrogen-bond donors (Lipinski definition) is 2. The van der Waals surface area contributed by atoms with E-state index in [1.54, 1.807) is 7.11 Å². The molecule has 0 amide bonds. The summed E-state index contributed by atoms with van der Waals surface area (Å²) in [7, 11) is 1.71. The van der Waals surface area contributed by atoms with Gasteiger partial charge in [-0.15, -0.1) is 0 Å². The van der Waals surface area contributed by atoms with E-state index in [4.69, 9.17) is 17.0 Å². The zero-order chi connectivity index (χ0) is 11.8. The zero-order valence-electron chi connectivity index (χ0n) is 9.69. The highest BCUT2D eigenvalue weighted by Crippen LogP contribution is 2.04. The molecule has 2 N–H and O–H groups in total. The quantitative estimate of drug-likeness (QED) is 0.771. The molecule has 0 saturated carbocycles. The molecule has 1 aromatic carbocycles. The van der Waals surface area contributed by atoms with E-state index in [1.165, 1.54) is 0 Å². The highest BCUT2D eigenvalue weighted by Gasteiger charge is 2.02. The SMILES string of the molecule is COCC(C)CNC(=S)Nc1ccccc1. The fraction of sp³-hybridized carbons (Fsp3) is 0.417. The van der Waals surface area contributed by atoms with Gasteiger partial charge in [-0.1, -0.05) is 25.1 Å². The molecule has 0 heterocycles. The van der Waals surface area contributed by atoms with Crippen molar-refractivity contribution in [2.24, 2.45) is 5.92 Å². The average molecular weight is 238 g/mol. The van der Waals surface area contributed by atoms with E-state index in [2.05, 4.69) is 17.6 Å². The van der Waals surface area contributed by atoms with E-state index >= 15 is 0 Å². The van der Waals surface area contributed by atoms with Gasteiger partial charge in [0.05, 0.1) is 6.61 Å². The molecule has 4 heteroatoms. The number of benzene rings is 1. The predicted octanol–water partition coefficient (Wildman–Crippen LogP) is 2.26. The molecule has 3 nitrogen and oxygen atoms in total. The van der Waals surface area contributed by atoms with Gasteiger partial charge in [-0.2, -0.15) is 0 Å². The van der Waals surface area contributed by atoms with E-state index < -0.39 is 0 Å². The van der Waals surface area contributed by atoms with Crippen molar-refractivity contribution < 1.29 is 4.74 Å². The first-order valence-electron chi connectivity index (χ1n) is 5.31. The number of thiocarbonyl (C=S) groups is 1. The molecule has 16 heavy (non-hydrogen) atoms. The smallest absolute Gasteiger partial charge is 0.170 e. The maximum absolute atomic E-state index is 5.18. The first-order chi connectivity index (χ1) is 7.72. The lowest BCUT2D eigenvalue weighted by molar-refractivity contribution is 0.161. The van der Waals surface area contributed by atoms with E-state index in [-0.39, 0.29) is 0 Å². The third-order valence-corrected chi connectivity index (χ3v) is 2.34. The van der Waals surface area contributed by atoms with E-state index in [1.807, 2.05) is 30.3 Å². The number of para-hydroxylation sites is 1. The Kier molecular flexibility index (Phi) is 5.82. The van der Waals surface area contributed by atoms with E-state index in [0.29, 0.717) is 11.0 Å². The minimum Gasteiger partial charge on any atom is -0.384 e. The summed E-state index contributed by atoms with van der Waals surface area (Å²) in [5.41, 5.74) is 0.999. The van der Waals surface area contributed by atoms with Crippen LogP contribution in [0.3, 0.4) is 0 Å². The van der Waals surface area contributed by atoms with Crippen molar-refractivity contribution in [2.75, 3.05) is 25.6 Å². The molecular weight excluding hydrogens is 220 g/mol. The van der Waals surface area contributed by atoms with Crippen LogP contribution in [-0.2, 0) is 4.74 Å². The Labute approximate surface area is 102 Å². The van der Waals surface area contributed by atoms with Gasteiger partial charge in [0.1, 0.15) is 0 Å². The summed E-state index contributed by atoms with van der Waals surface area (Å²) < 4.78 is 5.05. The van der Waals surface area contributed by atoms with Crippen molar-refractivity contribution in [2.45, 2.75) is 6.92 Å². The summed E-state index contributed by atoms with van der Waals surface area (Å²) in [6, 6.07) is 9.87. The van der Waals surface area contributed by atoms with Gasteiger partial charge in [-0.3, -0.25) is 0 Å². The van der Waals surface area contributed by atoms with Crippen LogP contribution in [0.2, 0.25) is 0 Å². The Bertz CT molecular complexity index is 316. The number of hydrogen-bond acceptors (Lipinski definition) is 2. The summed E-state index contributed by atoms with van der Waals surface area (Å²) >= 11 is 5.18. The first kappa shape index (κ1) is 12.9. The van der Waals surface area contributed by atoms with Crippen LogP contribution in [0.15, 0.2) is 30.3 Å². The van der Waals surface area contributed by atoms with E-state index in [9.17, 15) is 0 Å². The van der Waals surface area contributed by atoms with Gasteiger partial charge >= 0.3 is 0 Å². The van der Waals surface area contributed by atoms with Crippen LogP contribution in [0.25, 0.3) is 0 Å². The highest BCUT2D eigenvalue weighted by molar-refractivity contribution is 7.80. The van der Waals surface area contributed by atoms with Crippen LogP contribution in [-0.4, -0.2) is 25.4 Å². The van der Waals surface area contributed by atoms with Crippen LogP contribution in [0, 0.1) is 5.92 Å². The maximum atomic E-state index is 5.18. The van der Waals surface area contributed by atoms with Gasteiger partial charge in [-0.05, 0) is 30.3 Å². The van der Waals surface area contributed by atoms with Gasteiger partial charge in [0.2, 0.25) is 0 Å². The summed E-state index contributed by atoms with van der Waals surface area (Å²) in [6.07, 6.45) is 0. The molecule has 1 atom stereocenters. The first-order valence-corrected chi connectivity index (χ1v) is 5.72. The van der Waals surface area contributed by atoms with Crippen LogP contribution in [0.1, 0.15) is 6.92 Å². The monoisotopic (exact) mass is 238 g/mol.